The molecule has 0 aliphatic carbocycles. The number of carbonyl (C=O) groups excluding carboxylic acids is 1. The van der Waals surface area contributed by atoms with Gasteiger partial charge < -0.3 is 15.8 Å². The average Bonchev–Trinajstić information content (AvgIpc) is 2.79. The number of amides is 1. The summed E-state index contributed by atoms with van der Waals surface area (Å²) in [6, 6.07) is 1.79. The van der Waals surface area contributed by atoms with Crippen LogP contribution in [0.3, 0.4) is 0 Å². The number of halogens is 3. The number of hydrogen-bond donors (Lipinski definition) is 2. The van der Waals surface area contributed by atoms with Gasteiger partial charge in [0, 0.05) is 10.4 Å². The molecule has 0 fully saturated rings. The summed E-state index contributed by atoms with van der Waals surface area (Å²) in [6.45, 7) is -1.64. The van der Waals surface area contributed by atoms with Crippen molar-refractivity contribution in [2.45, 2.75) is 12.7 Å². The van der Waals surface area contributed by atoms with Gasteiger partial charge in [-0.15, -0.1) is 11.3 Å². The molecule has 0 atom stereocenters. The van der Waals surface area contributed by atoms with E-state index in [0.717, 1.165) is 10.4 Å². The van der Waals surface area contributed by atoms with Gasteiger partial charge in [-0.05, 0) is 11.4 Å². The second-order valence-electron chi connectivity index (χ2n) is 3.65. The standard InChI is InChI=1S/C12H13F3N2O2S/c13-12(14,15)8-19-7-11(18)17-6-10-9(2-1-4-16)3-5-20-10/h3,5H,4,6-8,16H2,(H,17,18). The molecule has 0 saturated carbocycles. The summed E-state index contributed by atoms with van der Waals surface area (Å²) in [5.41, 5.74) is 6.01. The number of hydrogen-bond acceptors (Lipinski definition) is 4. The summed E-state index contributed by atoms with van der Waals surface area (Å²) in [5, 5.41) is 4.28. The molecule has 1 amide bonds. The molecule has 0 aromatic carbocycles. The van der Waals surface area contributed by atoms with Crippen molar-refractivity contribution in [1.29, 1.82) is 0 Å². The lowest BCUT2D eigenvalue weighted by Crippen LogP contribution is -2.29. The molecule has 1 aromatic heterocycles. The molecule has 0 spiro atoms. The van der Waals surface area contributed by atoms with Crippen LogP contribution in [0.5, 0.6) is 0 Å². The van der Waals surface area contributed by atoms with Gasteiger partial charge in [0.25, 0.3) is 0 Å². The Morgan fingerprint density at radius 3 is 2.90 bits per heavy atom. The highest BCUT2D eigenvalue weighted by atomic mass is 32.1. The summed E-state index contributed by atoms with van der Waals surface area (Å²) in [6.07, 6.45) is -4.43. The molecular formula is C12H13F3N2O2S. The Morgan fingerprint density at radius 2 is 2.25 bits per heavy atom. The Morgan fingerprint density at radius 1 is 1.50 bits per heavy atom. The normalized spacial score (nSPS) is 10.8. The van der Waals surface area contributed by atoms with E-state index >= 15 is 0 Å². The Kier molecular flexibility index (Phi) is 6.51. The highest BCUT2D eigenvalue weighted by Gasteiger charge is 2.27. The SMILES string of the molecule is NCC#Cc1ccsc1CNC(=O)COCC(F)(F)F. The third kappa shape index (κ3) is 6.56. The van der Waals surface area contributed by atoms with E-state index in [1.165, 1.54) is 11.3 Å². The fourth-order valence-corrected chi connectivity index (χ4v) is 1.99. The monoisotopic (exact) mass is 306 g/mol. The molecule has 8 heteroatoms. The summed E-state index contributed by atoms with van der Waals surface area (Å²) >= 11 is 1.39. The highest BCUT2D eigenvalue weighted by molar-refractivity contribution is 7.10. The number of thiophene rings is 1. The maximum absolute atomic E-state index is 11.8. The number of nitrogens with one attached hydrogen (secondary N) is 1. The summed E-state index contributed by atoms with van der Waals surface area (Å²) in [7, 11) is 0. The maximum atomic E-state index is 11.8. The van der Waals surface area contributed by atoms with Gasteiger partial charge in [0.1, 0.15) is 13.2 Å². The smallest absolute Gasteiger partial charge is 0.362 e. The maximum Gasteiger partial charge on any atom is 0.411 e. The number of carbonyl (C=O) groups is 1. The number of nitrogens with two attached hydrogens (primary N) is 1. The van der Waals surface area contributed by atoms with E-state index in [4.69, 9.17) is 5.73 Å². The minimum atomic E-state index is -4.43. The first kappa shape index (κ1) is 16.5. The molecule has 20 heavy (non-hydrogen) atoms. The first-order valence-corrected chi connectivity index (χ1v) is 6.47. The predicted octanol–water partition coefficient (Wildman–Crippen LogP) is 1.25. The van der Waals surface area contributed by atoms with E-state index in [1.54, 1.807) is 6.07 Å². The largest absolute Gasteiger partial charge is 0.411 e. The van der Waals surface area contributed by atoms with Crippen molar-refractivity contribution in [3.05, 3.63) is 21.9 Å². The lowest BCUT2D eigenvalue weighted by Gasteiger charge is -2.08. The predicted molar refractivity (Wildman–Crippen MR) is 69.0 cm³/mol. The second kappa shape index (κ2) is 7.89. The van der Waals surface area contributed by atoms with Crippen LogP contribution in [0.1, 0.15) is 10.4 Å². The summed E-state index contributed by atoms with van der Waals surface area (Å²) in [4.78, 5) is 12.1. The molecule has 1 rings (SSSR count). The van der Waals surface area contributed by atoms with Crippen LogP contribution in [-0.4, -0.2) is 31.8 Å². The number of alkyl halides is 3. The van der Waals surface area contributed by atoms with E-state index in [-0.39, 0.29) is 13.1 Å². The van der Waals surface area contributed by atoms with Gasteiger partial charge in [-0.2, -0.15) is 13.2 Å². The van der Waals surface area contributed by atoms with Crippen LogP contribution in [0.2, 0.25) is 0 Å². The number of ether oxygens (including phenoxy) is 1. The van der Waals surface area contributed by atoms with Crippen LogP contribution < -0.4 is 11.1 Å². The van der Waals surface area contributed by atoms with Crippen molar-refractivity contribution in [3.8, 4) is 11.8 Å². The van der Waals surface area contributed by atoms with Crippen molar-refractivity contribution < 1.29 is 22.7 Å². The topological polar surface area (TPSA) is 64.3 Å². The van der Waals surface area contributed by atoms with E-state index in [1.807, 2.05) is 5.38 Å². The van der Waals surface area contributed by atoms with Crippen molar-refractivity contribution in [2.24, 2.45) is 5.73 Å². The molecule has 0 aliphatic heterocycles. The lowest BCUT2D eigenvalue weighted by molar-refractivity contribution is -0.175. The molecule has 0 radical (unpaired) electrons. The minimum Gasteiger partial charge on any atom is -0.362 e. The molecule has 4 nitrogen and oxygen atoms in total. The molecule has 1 aromatic rings. The van der Waals surface area contributed by atoms with Gasteiger partial charge >= 0.3 is 6.18 Å². The third-order valence-corrected chi connectivity index (χ3v) is 2.94. The van der Waals surface area contributed by atoms with Crippen LogP contribution in [0.4, 0.5) is 13.2 Å². The highest BCUT2D eigenvalue weighted by Crippen LogP contribution is 2.16. The Hall–Kier alpha value is -1.56. The van der Waals surface area contributed by atoms with Gasteiger partial charge in [-0.25, -0.2) is 0 Å². The molecule has 110 valence electrons. The van der Waals surface area contributed by atoms with Gasteiger partial charge in [0.05, 0.1) is 13.1 Å². The van der Waals surface area contributed by atoms with E-state index in [2.05, 4.69) is 21.9 Å². The first-order valence-electron chi connectivity index (χ1n) is 5.59. The molecule has 1 heterocycles. The van der Waals surface area contributed by atoms with Crippen molar-refractivity contribution >= 4 is 17.2 Å². The van der Waals surface area contributed by atoms with Crippen molar-refractivity contribution in [1.82, 2.24) is 5.32 Å². The van der Waals surface area contributed by atoms with Crippen molar-refractivity contribution in [3.63, 3.8) is 0 Å². The zero-order valence-electron chi connectivity index (χ0n) is 10.4. The first-order chi connectivity index (χ1) is 9.42. The fraction of sp³-hybridized carbons (Fsp3) is 0.417. The Balaban J connectivity index is 2.36. The Bertz CT molecular complexity index is 503. The van der Waals surface area contributed by atoms with E-state index in [0.29, 0.717) is 0 Å². The fourth-order valence-electron chi connectivity index (χ4n) is 1.22. The molecular weight excluding hydrogens is 293 g/mol. The summed E-state index contributed by atoms with van der Waals surface area (Å²) in [5.74, 6) is 4.92. The molecule has 0 unspecified atom stereocenters. The van der Waals surface area contributed by atoms with Crippen molar-refractivity contribution in [2.75, 3.05) is 19.8 Å². The van der Waals surface area contributed by atoms with Gasteiger partial charge in [0.15, 0.2) is 0 Å². The molecule has 0 aliphatic rings. The van der Waals surface area contributed by atoms with E-state index < -0.39 is 25.3 Å². The van der Waals surface area contributed by atoms with Crippen LogP contribution in [0.25, 0.3) is 0 Å². The van der Waals surface area contributed by atoms with Gasteiger partial charge in [-0.3, -0.25) is 4.79 Å². The second-order valence-corrected chi connectivity index (χ2v) is 4.65. The van der Waals surface area contributed by atoms with Crippen LogP contribution >= 0.6 is 11.3 Å². The molecule has 0 saturated heterocycles. The lowest BCUT2D eigenvalue weighted by atomic mass is 10.2. The van der Waals surface area contributed by atoms with E-state index in [9.17, 15) is 18.0 Å². The molecule has 0 bridgehead atoms. The summed E-state index contributed by atoms with van der Waals surface area (Å²) < 4.78 is 39.7. The van der Waals surface area contributed by atoms with Crippen LogP contribution in [0.15, 0.2) is 11.4 Å². The number of rotatable bonds is 5. The van der Waals surface area contributed by atoms with Gasteiger partial charge in [0.2, 0.25) is 5.91 Å². The van der Waals surface area contributed by atoms with Crippen LogP contribution in [-0.2, 0) is 16.1 Å². The molecule has 3 N–H and O–H groups in total. The average molecular weight is 306 g/mol. The Labute approximate surface area is 118 Å². The van der Waals surface area contributed by atoms with Gasteiger partial charge in [-0.1, -0.05) is 11.8 Å². The zero-order valence-corrected chi connectivity index (χ0v) is 11.2. The minimum absolute atomic E-state index is 0.195. The zero-order chi connectivity index (χ0) is 15.0. The quantitative estimate of drug-likeness (QED) is 0.805. The van der Waals surface area contributed by atoms with Crippen LogP contribution in [0, 0.1) is 11.8 Å². The third-order valence-electron chi connectivity index (χ3n) is 2.02.